The molecule has 1 aromatic heterocycles. The second kappa shape index (κ2) is 4.84. The third-order valence-electron chi connectivity index (χ3n) is 2.68. The number of carbonyl (C=O) groups is 1. The van der Waals surface area contributed by atoms with E-state index in [1.807, 2.05) is 0 Å². The number of carbonyl (C=O) groups excluding carboxylic acids is 1. The Morgan fingerprint density at radius 2 is 1.80 bits per heavy atom. The van der Waals surface area contributed by atoms with Crippen LogP contribution in [-0.2, 0) is 7.05 Å². The van der Waals surface area contributed by atoms with Crippen molar-refractivity contribution in [2.45, 2.75) is 25.6 Å². The van der Waals surface area contributed by atoms with E-state index >= 15 is 0 Å². The van der Waals surface area contributed by atoms with Crippen LogP contribution in [0.15, 0.2) is 4.79 Å². The molecule has 0 atom stereocenters. The van der Waals surface area contributed by atoms with Crippen LogP contribution in [0, 0.1) is 0 Å². The summed E-state index contributed by atoms with van der Waals surface area (Å²) >= 11 is 0. The average Bonchev–Trinajstić information content (AvgIpc) is 2.54. The molecule has 0 saturated carbocycles. The van der Waals surface area contributed by atoms with Crippen molar-refractivity contribution in [1.82, 2.24) is 19.7 Å². The largest absolute Gasteiger partial charge is 0.411 e. The molecule has 0 bridgehead atoms. The molecular formula is C10H16F3N5O2. The summed E-state index contributed by atoms with van der Waals surface area (Å²) in [4.78, 5) is 25.0. The van der Waals surface area contributed by atoms with Crippen molar-refractivity contribution < 1.29 is 18.0 Å². The summed E-state index contributed by atoms with van der Waals surface area (Å²) in [5, 5.41) is 5.43. The Hall–Kier alpha value is -2.00. The Bertz CT molecular complexity index is 570. The summed E-state index contributed by atoms with van der Waals surface area (Å²) in [6.45, 7) is 1.59. The molecular weight excluding hydrogens is 279 g/mol. The van der Waals surface area contributed by atoms with Crippen molar-refractivity contribution in [3.63, 3.8) is 0 Å². The minimum absolute atomic E-state index is 0.148. The van der Waals surface area contributed by atoms with Gasteiger partial charge >= 0.3 is 17.9 Å². The zero-order valence-corrected chi connectivity index (χ0v) is 11.7. The lowest BCUT2D eigenvalue weighted by Gasteiger charge is -2.28. The maximum atomic E-state index is 12.7. The predicted molar refractivity (Wildman–Crippen MR) is 65.9 cm³/mol. The highest BCUT2D eigenvalue weighted by Crippen LogP contribution is 2.29. The molecule has 1 rings (SSSR count). The Labute approximate surface area is 113 Å². The van der Waals surface area contributed by atoms with Crippen molar-refractivity contribution in [3.05, 3.63) is 10.5 Å². The minimum Gasteiger partial charge on any atom is -0.347 e. The highest BCUT2D eigenvalue weighted by molar-refractivity contribution is 5.76. The number of alkyl halides is 3. The van der Waals surface area contributed by atoms with Gasteiger partial charge in [-0.25, -0.2) is 9.59 Å². The van der Waals surface area contributed by atoms with Crippen LogP contribution < -0.4 is 15.9 Å². The molecule has 0 aliphatic heterocycles. The quantitative estimate of drug-likeness (QED) is 0.864. The molecule has 0 saturated heterocycles. The van der Waals surface area contributed by atoms with Crippen LogP contribution in [0.1, 0.15) is 13.8 Å². The van der Waals surface area contributed by atoms with Gasteiger partial charge in [0.1, 0.15) is 5.54 Å². The fourth-order valence-electron chi connectivity index (χ4n) is 1.34. The number of nitrogens with one attached hydrogen (secondary N) is 1. The van der Waals surface area contributed by atoms with E-state index in [2.05, 4.69) is 5.10 Å². The fourth-order valence-corrected chi connectivity index (χ4v) is 1.34. The number of halogens is 3. The van der Waals surface area contributed by atoms with Gasteiger partial charge in [-0.2, -0.15) is 13.2 Å². The summed E-state index contributed by atoms with van der Waals surface area (Å²) in [5.41, 5.74) is -3.30. The SMILES string of the molecule is CN(C)c1nn(C(=O)NC(C)(C)C(F)(F)F)c(=O)n1C. The number of rotatable bonds is 2. The Balaban J connectivity index is 3.12. The van der Waals surface area contributed by atoms with E-state index in [-0.39, 0.29) is 5.95 Å². The fraction of sp³-hybridized carbons (Fsp3) is 0.700. The van der Waals surface area contributed by atoms with Crippen molar-refractivity contribution in [3.8, 4) is 0 Å². The van der Waals surface area contributed by atoms with E-state index in [0.29, 0.717) is 4.68 Å². The van der Waals surface area contributed by atoms with E-state index in [0.717, 1.165) is 18.4 Å². The first-order chi connectivity index (χ1) is 8.88. The molecule has 1 N–H and O–H groups in total. The number of hydrogen-bond donors (Lipinski definition) is 1. The number of amides is 1. The zero-order valence-electron chi connectivity index (χ0n) is 11.7. The van der Waals surface area contributed by atoms with E-state index in [4.69, 9.17) is 0 Å². The van der Waals surface area contributed by atoms with Gasteiger partial charge in [0.05, 0.1) is 0 Å². The summed E-state index contributed by atoms with van der Waals surface area (Å²) in [6, 6.07) is -1.24. The molecule has 1 amide bonds. The molecule has 0 fully saturated rings. The smallest absolute Gasteiger partial charge is 0.347 e. The topological polar surface area (TPSA) is 72.2 Å². The average molecular weight is 295 g/mol. The summed E-state index contributed by atoms with van der Waals surface area (Å²) in [6.07, 6.45) is -4.65. The van der Waals surface area contributed by atoms with Crippen LogP contribution in [0.4, 0.5) is 23.9 Å². The van der Waals surface area contributed by atoms with Gasteiger partial charge in [0.25, 0.3) is 0 Å². The van der Waals surface area contributed by atoms with Crippen LogP contribution in [0.5, 0.6) is 0 Å². The van der Waals surface area contributed by atoms with E-state index in [1.54, 1.807) is 19.4 Å². The van der Waals surface area contributed by atoms with Crippen molar-refractivity contribution >= 4 is 12.0 Å². The zero-order chi connectivity index (χ0) is 15.9. The van der Waals surface area contributed by atoms with Crippen LogP contribution in [0.25, 0.3) is 0 Å². The number of aromatic nitrogens is 3. The number of nitrogens with zero attached hydrogens (tertiary/aromatic N) is 4. The van der Waals surface area contributed by atoms with Crippen LogP contribution in [0.2, 0.25) is 0 Å². The van der Waals surface area contributed by atoms with Gasteiger partial charge in [-0.1, -0.05) is 0 Å². The lowest BCUT2D eigenvalue weighted by atomic mass is 10.1. The maximum Gasteiger partial charge on any atom is 0.411 e. The first kappa shape index (κ1) is 16.1. The second-order valence-corrected chi connectivity index (χ2v) is 5.00. The van der Waals surface area contributed by atoms with Gasteiger partial charge in [0.15, 0.2) is 0 Å². The molecule has 0 aliphatic carbocycles. The Kier molecular flexibility index (Phi) is 3.88. The van der Waals surface area contributed by atoms with Gasteiger partial charge in [-0.3, -0.25) is 4.57 Å². The monoisotopic (exact) mass is 295 g/mol. The van der Waals surface area contributed by atoms with Gasteiger partial charge in [-0.15, -0.1) is 9.78 Å². The van der Waals surface area contributed by atoms with Crippen LogP contribution in [-0.4, -0.2) is 46.2 Å². The molecule has 0 spiro atoms. The standard InChI is InChI=1S/C10H16F3N5O2/c1-9(2,10(11,12)13)14-7(19)18-8(20)17(5)6(15-18)16(3)4/h1-5H3,(H,14,19). The summed E-state index contributed by atoms with van der Waals surface area (Å²) < 4.78 is 39.5. The van der Waals surface area contributed by atoms with E-state index in [1.165, 1.54) is 11.9 Å². The summed E-state index contributed by atoms with van der Waals surface area (Å²) in [7, 11) is 4.54. The third kappa shape index (κ3) is 2.78. The number of anilines is 1. The first-order valence-electron chi connectivity index (χ1n) is 5.61. The molecule has 20 heavy (non-hydrogen) atoms. The van der Waals surface area contributed by atoms with Gasteiger partial charge < -0.3 is 10.2 Å². The third-order valence-corrected chi connectivity index (χ3v) is 2.68. The lowest BCUT2D eigenvalue weighted by molar-refractivity contribution is -0.182. The van der Waals surface area contributed by atoms with Crippen molar-refractivity contribution in [1.29, 1.82) is 0 Å². The van der Waals surface area contributed by atoms with E-state index < -0.39 is 23.4 Å². The first-order valence-corrected chi connectivity index (χ1v) is 5.61. The molecule has 0 aromatic carbocycles. The molecule has 1 aromatic rings. The second-order valence-electron chi connectivity index (χ2n) is 5.00. The molecule has 0 aliphatic rings. The van der Waals surface area contributed by atoms with Gasteiger partial charge in [-0.05, 0) is 13.8 Å². The minimum atomic E-state index is -4.65. The normalized spacial score (nSPS) is 12.4. The van der Waals surface area contributed by atoms with Crippen molar-refractivity contribution in [2.75, 3.05) is 19.0 Å². The van der Waals surface area contributed by atoms with Crippen LogP contribution >= 0.6 is 0 Å². The molecule has 7 nitrogen and oxygen atoms in total. The molecule has 1 heterocycles. The maximum absolute atomic E-state index is 12.7. The van der Waals surface area contributed by atoms with Crippen molar-refractivity contribution in [2.24, 2.45) is 7.05 Å². The van der Waals surface area contributed by atoms with Crippen LogP contribution in [0.3, 0.4) is 0 Å². The molecule has 114 valence electrons. The van der Waals surface area contributed by atoms with E-state index in [9.17, 15) is 22.8 Å². The molecule has 10 heteroatoms. The lowest BCUT2D eigenvalue weighted by Crippen LogP contribution is -2.56. The predicted octanol–water partition coefficient (Wildman–Crippen LogP) is 0.546. The summed E-state index contributed by atoms with van der Waals surface area (Å²) in [5.74, 6) is 0.148. The molecule has 0 unspecified atom stereocenters. The van der Waals surface area contributed by atoms with Gasteiger partial charge in [0, 0.05) is 21.1 Å². The highest BCUT2D eigenvalue weighted by atomic mass is 19.4. The number of hydrogen-bond acceptors (Lipinski definition) is 4. The Morgan fingerprint density at radius 3 is 2.15 bits per heavy atom. The molecule has 0 radical (unpaired) electrons. The van der Waals surface area contributed by atoms with Gasteiger partial charge in [0.2, 0.25) is 5.95 Å². The Morgan fingerprint density at radius 1 is 1.30 bits per heavy atom. The highest BCUT2D eigenvalue weighted by Gasteiger charge is 2.48.